The van der Waals surface area contributed by atoms with Crippen LogP contribution in [0.25, 0.3) is 0 Å². The van der Waals surface area contributed by atoms with Gasteiger partial charge in [-0.3, -0.25) is 0 Å². The standard InChI is InChI=1S/C20H31N3/c1-2-4-10-19(11-5-3-1)23-15-20(21-22-23)18-13-12-17(14-18)16-8-6-7-9-16/h1-2,15-19H,3-14H2. The lowest BCUT2D eigenvalue weighted by Crippen LogP contribution is -2.10. The fourth-order valence-electron chi connectivity index (χ4n) is 5.20. The number of allylic oxidation sites excluding steroid dienone is 2. The Hall–Kier alpha value is -1.12. The van der Waals surface area contributed by atoms with Gasteiger partial charge in [-0.05, 0) is 63.2 Å². The Balaban J connectivity index is 1.38. The number of nitrogens with zero attached hydrogens (tertiary/aromatic N) is 3. The summed E-state index contributed by atoms with van der Waals surface area (Å²) in [5, 5.41) is 9.11. The summed E-state index contributed by atoms with van der Waals surface area (Å²) in [5.41, 5.74) is 1.28. The lowest BCUT2D eigenvalue weighted by molar-refractivity contribution is 0.343. The molecular formula is C20H31N3. The Bertz CT molecular complexity index is 527. The lowest BCUT2D eigenvalue weighted by Gasteiger charge is -2.18. The van der Waals surface area contributed by atoms with Gasteiger partial charge in [-0.25, -0.2) is 4.68 Å². The summed E-state index contributed by atoms with van der Waals surface area (Å²) in [6, 6.07) is 0.563. The van der Waals surface area contributed by atoms with E-state index in [2.05, 4.69) is 33.3 Å². The SMILES string of the molecule is C1=CCCC(n2cc(C3CCC(C4CCCC4)C3)nn2)CCC1. The maximum absolute atomic E-state index is 4.58. The molecule has 1 aromatic heterocycles. The monoisotopic (exact) mass is 313 g/mol. The first kappa shape index (κ1) is 15.4. The second-order valence-corrected chi connectivity index (χ2v) is 8.07. The van der Waals surface area contributed by atoms with Crippen molar-refractivity contribution in [3.63, 3.8) is 0 Å². The zero-order valence-corrected chi connectivity index (χ0v) is 14.4. The molecule has 0 radical (unpaired) electrons. The Labute approximate surface area is 140 Å². The van der Waals surface area contributed by atoms with Crippen molar-refractivity contribution in [2.24, 2.45) is 11.8 Å². The topological polar surface area (TPSA) is 30.7 Å². The van der Waals surface area contributed by atoms with Crippen LogP contribution in [-0.2, 0) is 0 Å². The molecule has 3 heteroatoms. The fourth-order valence-corrected chi connectivity index (χ4v) is 5.20. The van der Waals surface area contributed by atoms with Gasteiger partial charge in [0, 0.05) is 12.1 Å². The van der Waals surface area contributed by atoms with Gasteiger partial charge in [0.2, 0.25) is 0 Å². The van der Waals surface area contributed by atoms with E-state index in [1.54, 1.807) is 0 Å². The van der Waals surface area contributed by atoms with Crippen LogP contribution < -0.4 is 0 Å². The van der Waals surface area contributed by atoms with Crippen molar-refractivity contribution in [2.75, 3.05) is 0 Å². The normalized spacial score (nSPS) is 33.0. The zero-order chi connectivity index (χ0) is 15.5. The third-order valence-corrected chi connectivity index (χ3v) is 6.60. The van der Waals surface area contributed by atoms with Gasteiger partial charge in [-0.15, -0.1) is 5.10 Å². The van der Waals surface area contributed by atoms with Gasteiger partial charge in [-0.2, -0.15) is 0 Å². The first-order valence-electron chi connectivity index (χ1n) is 9.97. The molecule has 0 spiro atoms. The van der Waals surface area contributed by atoms with Gasteiger partial charge in [0.25, 0.3) is 0 Å². The van der Waals surface area contributed by atoms with Crippen molar-refractivity contribution < 1.29 is 0 Å². The van der Waals surface area contributed by atoms with Crippen molar-refractivity contribution >= 4 is 0 Å². The molecule has 1 aromatic rings. The van der Waals surface area contributed by atoms with Gasteiger partial charge in [-0.1, -0.05) is 43.0 Å². The van der Waals surface area contributed by atoms with Crippen LogP contribution in [-0.4, -0.2) is 15.0 Å². The van der Waals surface area contributed by atoms with Gasteiger partial charge in [0.15, 0.2) is 0 Å². The average Bonchev–Trinajstić information content (AvgIpc) is 3.27. The Morgan fingerprint density at radius 3 is 2.61 bits per heavy atom. The molecule has 3 unspecified atom stereocenters. The largest absolute Gasteiger partial charge is 0.249 e. The molecule has 3 aliphatic carbocycles. The fraction of sp³-hybridized carbons (Fsp3) is 0.800. The average molecular weight is 313 g/mol. The van der Waals surface area contributed by atoms with E-state index in [9.17, 15) is 0 Å². The predicted molar refractivity (Wildman–Crippen MR) is 93.3 cm³/mol. The molecule has 0 amide bonds. The minimum atomic E-state index is 0.563. The number of hydrogen-bond donors (Lipinski definition) is 0. The molecule has 0 bridgehead atoms. The van der Waals surface area contributed by atoms with Crippen LogP contribution in [0, 0.1) is 11.8 Å². The molecule has 0 saturated heterocycles. The van der Waals surface area contributed by atoms with E-state index in [-0.39, 0.29) is 0 Å². The quantitative estimate of drug-likeness (QED) is 0.698. The highest BCUT2D eigenvalue weighted by Crippen LogP contribution is 2.45. The number of hydrogen-bond acceptors (Lipinski definition) is 2. The molecular weight excluding hydrogens is 282 g/mol. The van der Waals surface area contributed by atoms with E-state index in [0.29, 0.717) is 12.0 Å². The summed E-state index contributed by atoms with van der Waals surface area (Å²) in [6.07, 6.45) is 23.2. The van der Waals surface area contributed by atoms with E-state index in [1.807, 2.05) is 0 Å². The predicted octanol–water partition coefficient (Wildman–Crippen LogP) is 5.41. The molecule has 1 heterocycles. The molecule has 3 nitrogen and oxygen atoms in total. The van der Waals surface area contributed by atoms with Crippen LogP contribution in [0.3, 0.4) is 0 Å². The van der Waals surface area contributed by atoms with Crippen molar-refractivity contribution in [1.82, 2.24) is 15.0 Å². The number of rotatable bonds is 3. The van der Waals surface area contributed by atoms with Crippen molar-refractivity contribution in [3.05, 3.63) is 24.0 Å². The molecule has 0 N–H and O–H groups in total. The maximum atomic E-state index is 4.58. The Kier molecular flexibility index (Phi) is 4.82. The van der Waals surface area contributed by atoms with Crippen molar-refractivity contribution in [2.45, 2.75) is 89.0 Å². The first-order chi connectivity index (χ1) is 11.4. The van der Waals surface area contributed by atoms with Crippen LogP contribution in [0.4, 0.5) is 0 Å². The first-order valence-corrected chi connectivity index (χ1v) is 9.97. The maximum Gasteiger partial charge on any atom is 0.0858 e. The van der Waals surface area contributed by atoms with Crippen LogP contribution in [0.5, 0.6) is 0 Å². The lowest BCUT2D eigenvalue weighted by atomic mass is 9.88. The molecule has 4 rings (SSSR count). The van der Waals surface area contributed by atoms with Gasteiger partial charge in [0.05, 0.1) is 11.7 Å². The molecule has 0 aromatic carbocycles. The Morgan fingerprint density at radius 2 is 1.70 bits per heavy atom. The second-order valence-electron chi connectivity index (χ2n) is 8.07. The molecule has 3 atom stereocenters. The summed E-state index contributed by atoms with van der Waals surface area (Å²) in [4.78, 5) is 0. The molecule has 0 aliphatic heterocycles. The van der Waals surface area contributed by atoms with E-state index in [1.165, 1.54) is 82.7 Å². The summed E-state index contributed by atoms with van der Waals surface area (Å²) in [6.45, 7) is 0. The zero-order valence-electron chi connectivity index (χ0n) is 14.4. The summed E-state index contributed by atoms with van der Waals surface area (Å²) >= 11 is 0. The van der Waals surface area contributed by atoms with Gasteiger partial charge < -0.3 is 0 Å². The highest BCUT2D eigenvalue weighted by atomic mass is 15.4. The minimum Gasteiger partial charge on any atom is -0.249 e. The van der Waals surface area contributed by atoms with Gasteiger partial charge >= 0.3 is 0 Å². The third kappa shape index (κ3) is 3.54. The van der Waals surface area contributed by atoms with E-state index >= 15 is 0 Å². The number of aromatic nitrogens is 3. The smallest absolute Gasteiger partial charge is 0.0858 e. The van der Waals surface area contributed by atoms with E-state index in [0.717, 1.165) is 11.8 Å². The van der Waals surface area contributed by atoms with Crippen molar-refractivity contribution in [1.29, 1.82) is 0 Å². The summed E-state index contributed by atoms with van der Waals surface area (Å²) < 4.78 is 2.19. The highest BCUT2D eigenvalue weighted by molar-refractivity contribution is 5.06. The third-order valence-electron chi connectivity index (χ3n) is 6.60. The van der Waals surface area contributed by atoms with Crippen LogP contribution in [0.1, 0.15) is 94.7 Å². The summed E-state index contributed by atoms with van der Waals surface area (Å²) in [7, 11) is 0. The van der Waals surface area contributed by atoms with E-state index < -0.39 is 0 Å². The molecule has 2 saturated carbocycles. The second kappa shape index (κ2) is 7.19. The molecule has 3 aliphatic rings. The molecule has 126 valence electrons. The van der Waals surface area contributed by atoms with Crippen LogP contribution >= 0.6 is 0 Å². The highest BCUT2D eigenvalue weighted by Gasteiger charge is 2.34. The van der Waals surface area contributed by atoms with Gasteiger partial charge in [0.1, 0.15) is 0 Å². The summed E-state index contributed by atoms with van der Waals surface area (Å²) in [5.74, 6) is 2.68. The molecule has 2 fully saturated rings. The van der Waals surface area contributed by atoms with Crippen LogP contribution in [0.15, 0.2) is 18.3 Å². The van der Waals surface area contributed by atoms with E-state index in [4.69, 9.17) is 0 Å². The minimum absolute atomic E-state index is 0.563. The Morgan fingerprint density at radius 1 is 0.826 bits per heavy atom. The van der Waals surface area contributed by atoms with Crippen LogP contribution in [0.2, 0.25) is 0 Å². The van der Waals surface area contributed by atoms with Crippen molar-refractivity contribution in [3.8, 4) is 0 Å². The molecule has 23 heavy (non-hydrogen) atoms.